The van der Waals surface area contributed by atoms with Crippen molar-refractivity contribution in [2.75, 3.05) is 32.7 Å². The van der Waals surface area contributed by atoms with Gasteiger partial charge in [0.15, 0.2) is 23.3 Å². The van der Waals surface area contributed by atoms with Crippen LogP contribution in [0, 0.1) is 0 Å². The topological polar surface area (TPSA) is 107 Å². The number of nitrogens with zero attached hydrogens (tertiary/aromatic N) is 2. The molecule has 200 valence electrons. The third kappa shape index (κ3) is 6.85. The monoisotopic (exact) mass is 545 g/mol. The molecule has 39 heavy (non-hydrogen) atoms. The van der Waals surface area contributed by atoms with Gasteiger partial charge in [0.05, 0.1) is 30.4 Å². The maximum atomic E-state index is 13.1. The summed E-state index contributed by atoms with van der Waals surface area (Å²) in [5.74, 6) is -0.115. The number of para-hydroxylation sites is 1. The van der Waals surface area contributed by atoms with Gasteiger partial charge in [-0.3, -0.25) is 14.5 Å². The number of hydrogen-bond acceptors (Lipinski definition) is 8. The molecule has 2 amide bonds. The third-order valence-electron chi connectivity index (χ3n) is 5.60. The van der Waals surface area contributed by atoms with E-state index in [1.807, 2.05) is 25.1 Å². The minimum absolute atomic E-state index is 0.178. The van der Waals surface area contributed by atoms with Crippen molar-refractivity contribution in [1.82, 2.24) is 4.90 Å². The zero-order valence-corrected chi connectivity index (χ0v) is 22.5. The second-order valence-electron chi connectivity index (χ2n) is 8.21. The lowest BCUT2D eigenvalue weighted by Crippen LogP contribution is -2.28. The summed E-state index contributed by atoms with van der Waals surface area (Å²) >= 11 is 1.24. The molecule has 4 rings (SSSR count). The molecule has 9 nitrogen and oxygen atoms in total. The molecule has 0 unspecified atom stereocenters. The highest BCUT2D eigenvalue weighted by Gasteiger charge is 2.32. The van der Waals surface area contributed by atoms with E-state index in [-0.39, 0.29) is 18.4 Å². The molecule has 1 fully saturated rings. The minimum atomic E-state index is -0.460. The van der Waals surface area contributed by atoms with Crippen LogP contribution in [0.2, 0.25) is 0 Å². The van der Waals surface area contributed by atoms with Gasteiger partial charge in [0.1, 0.15) is 0 Å². The van der Waals surface area contributed by atoms with Crippen LogP contribution >= 0.6 is 11.8 Å². The van der Waals surface area contributed by atoms with Crippen LogP contribution in [0.1, 0.15) is 22.8 Å². The highest BCUT2D eigenvalue weighted by molar-refractivity contribution is 8.18. The van der Waals surface area contributed by atoms with Crippen LogP contribution in [-0.2, 0) is 14.3 Å². The van der Waals surface area contributed by atoms with Gasteiger partial charge in [0.2, 0.25) is 0 Å². The second kappa shape index (κ2) is 12.8. The van der Waals surface area contributed by atoms with E-state index in [2.05, 4.69) is 10.3 Å². The molecule has 0 bridgehead atoms. The third-order valence-corrected chi connectivity index (χ3v) is 6.60. The van der Waals surface area contributed by atoms with Crippen molar-refractivity contribution in [2.24, 2.45) is 4.99 Å². The lowest BCUT2D eigenvalue weighted by Gasteiger charge is -2.12. The van der Waals surface area contributed by atoms with Crippen molar-refractivity contribution in [3.8, 4) is 11.5 Å². The number of amidine groups is 1. The Morgan fingerprint density at radius 2 is 1.79 bits per heavy atom. The van der Waals surface area contributed by atoms with Crippen LogP contribution in [0.3, 0.4) is 0 Å². The number of hydrogen-bond donors (Lipinski definition) is 1. The first-order valence-corrected chi connectivity index (χ1v) is 12.9. The number of ether oxygens (including phenoxy) is 3. The van der Waals surface area contributed by atoms with Crippen LogP contribution in [0.25, 0.3) is 6.08 Å². The number of benzene rings is 3. The van der Waals surface area contributed by atoms with Crippen LogP contribution < -0.4 is 14.8 Å². The average Bonchev–Trinajstić information content (AvgIpc) is 3.25. The van der Waals surface area contributed by atoms with E-state index >= 15 is 0 Å². The minimum Gasteiger partial charge on any atom is -0.493 e. The summed E-state index contributed by atoms with van der Waals surface area (Å²) in [6.07, 6.45) is 1.75. The average molecular weight is 546 g/mol. The van der Waals surface area contributed by atoms with Gasteiger partial charge < -0.3 is 19.5 Å². The first-order chi connectivity index (χ1) is 18.9. The van der Waals surface area contributed by atoms with E-state index in [4.69, 9.17) is 14.2 Å². The Hall–Kier alpha value is -4.57. The zero-order chi connectivity index (χ0) is 27.8. The van der Waals surface area contributed by atoms with Gasteiger partial charge in [0, 0.05) is 12.2 Å². The molecule has 0 aromatic heterocycles. The lowest BCUT2D eigenvalue weighted by atomic mass is 10.2. The maximum absolute atomic E-state index is 13.1. The number of amides is 2. The Balaban J connectivity index is 1.49. The van der Waals surface area contributed by atoms with Gasteiger partial charge in [0.25, 0.3) is 11.8 Å². The first-order valence-electron chi connectivity index (χ1n) is 12.1. The number of likely N-dealkylation sites (N-methyl/N-ethyl adjacent to an activating group) is 1. The summed E-state index contributed by atoms with van der Waals surface area (Å²) in [6, 6.07) is 21.0. The Morgan fingerprint density at radius 1 is 1.00 bits per heavy atom. The summed E-state index contributed by atoms with van der Waals surface area (Å²) in [6.45, 7) is 2.10. The summed E-state index contributed by atoms with van der Waals surface area (Å²) in [5.41, 5.74) is 2.31. The predicted octanol–water partition coefficient (Wildman–Crippen LogP) is 5.12. The number of carbonyl (C=O) groups excluding carboxylic acids is 3. The molecule has 3 aromatic rings. The van der Waals surface area contributed by atoms with Gasteiger partial charge in [-0.05, 0) is 72.8 Å². The Kier molecular flexibility index (Phi) is 9.01. The molecule has 1 saturated heterocycles. The fourth-order valence-corrected chi connectivity index (χ4v) is 4.77. The number of nitrogens with one attached hydrogen (secondary N) is 1. The van der Waals surface area contributed by atoms with E-state index in [0.29, 0.717) is 50.6 Å². The molecule has 1 aliphatic rings. The smallest absolute Gasteiger partial charge is 0.337 e. The first kappa shape index (κ1) is 27.5. The van der Waals surface area contributed by atoms with Crippen molar-refractivity contribution in [3.63, 3.8) is 0 Å². The quantitative estimate of drug-likeness (QED) is 0.294. The number of anilines is 1. The number of thioether (sulfide) groups is 1. The molecule has 1 N–H and O–H groups in total. The van der Waals surface area contributed by atoms with E-state index in [9.17, 15) is 14.4 Å². The number of carbonyl (C=O) groups is 3. The summed E-state index contributed by atoms with van der Waals surface area (Å²) in [4.78, 5) is 43.9. The second-order valence-corrected chi connectivity index (χ2v) is 9.22. The Morgan fingerprint density at radius 3 is 2.51 bits per heavy atom. The van der Waals surface area contributed by atoms with Crippen molar-refractivity contribution in [3.05, 3.63) is 88.8 Å². The largest absolute Gasteiger partial charge is 0.493 e. The normalized spacial score (nSPS) is 14.9. The molecule has 0 radical (unpaired) electrons. The van der Waals surface area contributed by atoms with Crippen LogP contribution in [0.15, 0.2) is 82.7 Å². The lowest BCUT2D eigenvalue weighted by molar-refractivity contribution is -0.122. The van der Waals surface area contributed by atoms with Crippen LogP contribution in [-0.4, -0.2) is 55.2 Å². The summed E-state index contributed by atoms with van der Waals surface area (Å²) < 4.78 is 15.9. The molecular formula is C29H27N3O6S. The summed E-state index contributed by atoms with van der Waals surface area (Å²) in [7, 11) is 2.82. The Bertz CT molecular complexity index is 1440. The SMILES string of the molecule is CCN1C(=O)C(=Cc2ccc(OCC(=O)Nc3ccccc3)c(OC)c2)SC1=Nc1cccc(C(=O)OC)c1. The van der Waals surface area contributed by atoms with Crippen molar-refractivity contribution >= 4 is 52.2 Å². The standard InChI is InChI=1S/C29H27N3O6S/c1-4-32-27(34)25(39-29(32)31-22-12-8-9-20(17-22)28(35)37-3)16-19-13-14-23(24(15-19)36-2)38-18-26(33)30-21-10-6-5-7-11-21/h5-17H,4,18H2,1-3H3,(H,30,33). The molecule has 1 heterocycles. The Labute approximate surface area is 230 Å². The van der Waals surface area contributed by atoms with Gasteiger partial charge in [-0.2, -0.15) is 0 Å². The van der Waals surface area contributed by atoms with E-state index < -0.39 is 5.97 Å². The maximum Gasteiger partial charge on any atom is 0.337 e. The number of esters is 1. The number of rotatable bonds is 9. The zero-order valence-electron chi connectivity index (χ0n) is 21.7. The molecule has 10 heteroatoms. The van der Waals surface area contributed by atoms with E-state index in [0.717, 1.165) is 0 Å². The highest BCUT2D eigenvalue weighted by atomic mass is 32.2. The molecule has 0 spiro atoms. The van der Waals surface area contributed by atoms with Gasteiger partial charge in [-0.15, -0.1) is 0 Å². The van der Waals surface area contributed by atoms with E-state index in [1.165, 1.54) is 26.0 Å². The van der Waals surface area contributed by atoms with Gasteiger partial charge >= 0.3 is 5.97 Å². The molecule has 0 atom stereocenters. The van der Waals surface area contributed by atoms with Gasteiger partial charge in [-0.1, -0.05) is 30.3 Å². The molecule has 3 aromatic carbocycles. The molecular weight excluding hydrogens is 518 g/mol. The fourth-order valence-electron chi connectivity index (χ4n) is 3.71. The van der Waals surface area contributed by atoms with E-state index in [1.54, 1.807) is 65.6 Å². The molecule has 1 aliphatic heterocycles. The predicted molar refractivity (Wildman–Crippen MR) is 151 cm³/mol. The van der Waals surface area contributed by atoms with Crippen LogP contribution in [0.5, 0.6) is 11.5 Å². The number of methoxy groups -OCH3 is 2. The van der Waals surface area contributed by atoms with Crippen molar-refractivity contribution in [1.29, 1.82) is 0 Å². The summed E-state index contributed by atoms with van der Waals surface area (Å²) in [5, 5.41) is 3.27. The van der Waals surface area contributed by atoms with Crippen molar-refractivity contribution < 1.29 is 28.6 Å². The number of aliphatic imine (C=N–C) groups is 1. The molecule has 0 aliphatic carbocycles. The molecule has 0 saturated carbocycles. The highest BCUT2D eigenvalue weighted by Crippen LogP contribution is 2.36. The van der Waals surface area contributed by atoms with Gasteiger partial charge in [-0.25, -0.2) is 9.79 Å². The van der Waals surface area contributed by atoms with Crippen molar-refractivity contribution in [2.45, 2.75) is 6.92 Å². The van der Waals surface area contributed by atoms with Crippen LogP contribution in [0.4, 0.5) is 11.4 Å². The fraction of sp³-hybridized carbons (Fsp3) is 0.172.